The van der Waals surface area contributed by atoms with Crippen molar-refractivity contribution in [1.29, 1.82) is 0 Å². The van der Waals surface area contributed by atoms with Crippen molar-refractivity contribution in [2.24, 2.45) is 11.8 Å². The largest absolute Gasteiger partial charge is 0.342 e. The molecule has 2 unspecified atom stereocenters. The molecular formula is C18H26N4O2. The Balaban J connectivity index is 1.38. The molecule has 1 aromatic heterocycles. The number of hydrogen-bond acceptors (Lipinski definition) is 3. The molecule has 0 N–H and O–H groups in total. The predicted molar refractivity (Wildman–Crippen MR) is 89.2 cm³/mol. The zero-order valence-electron chi connectivity index (χ0n) is 14.4. The minimum absolute atomic E-state index is 0.144. The highest BCUT2D eigenvalue weighted by molar-refractivity contribution is 5.89. The molecule has 0 aromatic carbocycles. The maximum absolute atomic E-state index is 12.9. The molecule has 2 saturated heterocycles. The van der Waals surface area contributed by atoms with E-state index in [4.69, 9.17) is 0 Å². The molecule has 130 valence electrons. The van der Waals surface area contributed by atoms with Crippen LogP contribution in [0.25, 0.3) is 0 Å². The van der Waals surface area contributed by atoms with Crippen LogP contribution in [0.1, 0.15) is 43.7 Å². The Morgan fingerprint density at radius 3 is 2.83 bits per heavy atom. The van der Waals surface area contributed by atoms with E-state index >= 15 is 0 Å². The lowest BCUT2D eigenvalue weighted by atomic mass is 10.0. The summed E-state index contributed by atoms with van der Waals surface area (Å²) >= 11 is 0. The van der Waals surface area contributed by atoms with Crippen molar-refractivity contribution in [2.75, 3.05) is 26.2 Å². The first kappa shape index (κ1) is 15.7. The Kier molecular flexibility index (Phi) is 4.06. The van der Waals surface area contributed by atoms with Gasteiger partial charge in [-0.15, -0.1) is 0 Å². The van der Waals surface area contributed by atoms with Gasteiger partial charge < -0.3 is 9.80 Å². The van der Waals surface area contributed by atoms with Crippen molar-refractivity contribution in [1.82, 2.24) is 19.6 Å². The summed E-state index contributed by atoms with van der Waals surface area (Å²) in [6.07, 6.45) is 8.85. The van der Waals surface area contributed by atoms with E-state index in [9.17, 15) is 9.59 Å². The summed E-state index contributed by atoms with van der Waals surface area (Å²) in [6.45, 7) is 5.04. The zero-order valence-corrected chi connectivity index (χ0v) is 14.4. The molecule has 1 aliphatic carbocycles. The molecule has 1 saturated carbocycles. The van der Waals surface area contributed by atoms with E-state index in [0.29, 0.717) is 25.4 Å². The van der Waals surface area contributed by atoms with E-state index in [-0.39, 0.29) is 23.8 Å². The molecule has 6 heteroatoms. The second-order valence-corrected chi connectivity index (χ2v) is 7.72. The van der Waals surface area contributed by atoms with Gasteiger partial charge in [0.05, 0.1) is 18.2 Å². The topological polar surface area (TPSA) is 58.4 Å². The molecule has 6 nitrogen and oxygen atoms in total. The maximum Gasteiger partial charge on any atom is 0.228 e. The number of carbonyl (C=O) groups is 2. The van der Waals surface area contributed by atoms with E-state index in [1.807, 2.05) is 27.6 Å². The maximum atomic E-state index is 12.9. The SMILES string of the molecule is Cc1cnn(C2CCCN(C(=O)C3CC(=O)N(CC4CC4)C3)C2)c1. The Morgan fingerprint density at radius 1 is 1.29 bits per heavy atom. The lowest BCUT2D eigenvalue weighted by Crippen LogP contribution is -2.44. The molecule has 3 heterocycles. The van der Waals surface area contributed by atoms with E-state index in [0.717, 1.165) is 31.5 Å². The van der Waals surface area contributed by atoms with Gasteiger partial charge in [0.15, 0.2) is 0 Å². The summed E-state index contributed by atoms with van der Waals surface area (Å²) in [4.78, 5) is 28.9. The number of aromatic nitrogens is 2. The fourth-order valence-corrected chi connectivity index (χ4v) is 3.99. The highest BCUT2D eigenvalue weighted by atomic mass is 16.2. The second-order valence-electron chi connectivity index (χ2n) is 7.72. The summed E-state index contributed by atoms with van der Waals surface area (Å²) in [5.74, 6) is 0.867. The lowest BCUT2D eigenvalue weighted by Gasteiger charge is -2.34. The van der Waals surface area contributed by atoms with Crippen molar-refractivity contribution in [2.45, 2.75) is 45.1 Å². The van der Waals surface area contributed by atoms with Crippen molar-refractivity contribution in [3.05, 3.63) is 18.0 Å². The van der Waals surface area contributed by atoms with Gasteiger partial charge in [-0.05, 0) is 44.1 Å². The molecule has 4 rings (SSSR count). The summed E-state index contributed by atoms with van der Waals surface area (Å²) in [5, 5.41) is 4.41. The molecule has 2 atom stereocenters. The molecule has 24 heavy (non-hydrogen) atoms. The van der Waals surface area contributed by atoms with Gasteiger partial charge in [0.2, 0.25) is 11.8 Å². The number of hydrogen-bond donors (Lipinski definition) is 0. The highest BCUT2D eigenvalue weighted by Crippen LogP contribution is 2.32. The Morgan fingerprint density at radius 2 is 2.12 bits per heavy atom. The lowest BCUT2D eigenvalue weighted by molar-refractivity contribution is -0.137. The van der Waals surface area contributed by atoms with Crippen LogP contribution in [-0.4, -0.2) is 57.6 Å². The second kappa shape index (κ2) is 6.22. The van der Waals surface area contributed by atoms with E-state index in [2.05, 4.69) is 11.3 Å². The number of aryl methyl sites for hydroxylation is 1. The minimum atomic E-state index is -0.144. The molecule has 2 amide bonds. The summed E-state index contributed by atoms with van der Waals surface area (Å²) in [7, 11) is 0. The monoisotopic (exact) mass is 330 g/mol. The summed E-state index contributed by atoms with van der Waals surface area (Å²) in [5.41, 5.74) is 1.15. The smallest absolute Gasteiger partial charge is 0.228 e. The van der Waals surface area contributed by atoms with E-state index in [1.54, 1.807) is 0 Å². The Bertz CT molecular complexity index is 637. The van der Waals surface area contributed by atoms with Gasteiger partial charge in [0, 0.05) is 38.8 Å². The average Bonchev–Trinajstić information content (AvgIpc) is 3.18. The molecule has 2 aliphatic heterocycles. The van der Waals surface area contributed by atoms with Gasteiger partial charge in [0.25, 0.3) is 0 Å². The fourth-order valence-electron chi connectivity index (χ4n) is 3.99. The fraction of sp³-hybridized carbons (Fsp3) is 0.722. The molecule has 3 aliphatic rings. The standard InChI is InChI=1S/C18H26N4O2/c1-13-8-19-22(9-13)16-3-2-6-20(12-16)18(24)15-7-17(23)21(11-15)10-14-4-5-14/h8-9,14-16H,2-7,10-12H2,1H3. The van der Waals surface area contributed by atoms with E-state index < -0.39 is 0 Å². The van der Waals surface area contributed by atoms with Crippen LogP contribution in [0.15, 0.2) is 12.4 Å². The van der Waals surface area contributed by atoms with Crippen LogP contribution in [-0.2, 0) is 9.59 Å². The van der Waals surface area contributed by atoms with Crippen LogP contribution in [0.5, 0.6) is 0 Å². The van der Waals surface area contributed by atoms with Crippen LogP contribution in [0.4, 0.5) is 0 Å². The van der Waals surface area contributed by atoms with Gasteiger partial charge in [-0.1, -0.05) is 0 Å². The van der Waals surface area contributed by atoms with Crippen LogP contribution >= 0.6 is 0 Å². The zero-order chi connectivity index (χ0) is 16.7. The van der Waals surface area contributed by atoms with Gasteiger partial charge in [-0.25, -0.2) is 0 Å². The molecule has 0 bridgehead atoms. The van der Waals surface area contributed by atoms with Crippen molar-refractivity contribution in [3.8, 4) is 0 Å². The molecule has 0 radical (unpaired) electrons. The summed E-state index contributed by atoms with van der Waals surface area (Å²) in [6, 6.07) is 0.260. The molecule has 0 spiro atoms. The normalized spacial score (nSPS) is 27.8. The molecular weight excluding hydrogens is 304 g/mol. The first-order chi connectivity index (χ1) is 11.6. The van der Waals surface area contributed by atoms with Crippen molar-refractivity contribution >= 4 is 11.8 Å². The van der Waals surface area contributed by atoms with Crippen molar-refractivity contribution < 1.29 is 9.59 Å². The van der Waals surface area contributed by atoms with Crippen LogP contribution in [0.2, 0.25) is 0 Å². The number of amides is 2. The molecule has 3 fully saturated rings. The number of nitrogens with zero attached hydrogens (tertiary/aromatic N) is 4. The number of likely N-dealkylation sites (tertiary alicyclic amines) is 2. The average molecular weight is 330 g/mol. The minimum Gasteiger partial charge on any atom is -0.342 e. The first-order valence-corrected chi connectivity index (χ1v) is 9.17. The van der Waals surface area contributed by atoms with Crippen LogP contribution in [0.3, 0.4) is 0 Å². The predicted octanol–water partition coefficient (Wildman–Crippen LogP) is 1.61. The third kappa shape index (κ3) is 3.19. The number of piperidine rings is 1. The number of rotatable bonds is 4. The van der Waals surface area contributed by atoms with Crippen LogP contribution in [0, 0.1) is 18.8 Å². The molecule has 1 aromatic rings. The third-order valence-corrected chi connectivity index (χ3v) is 5.55. The van der Waals surface area contributed by atoms with Crippen molar-refractivity contribution in [3.63, 3.8) is 0 Å². The van der Waals surface area contributed by atoms with Gasteiger partial charge in [0.1, 0.15) is 0 Å². The van der Waals surface area contributed by atoms with Gasteiger partial charge >= 0.3 is 0 Å². The Labute approximate surface area is 142 Å². The van der Waals surface area contributed by atoms with Gasteiger partial charge in [-0.2, -0.15) is 5.10 Å². The third-order valence-electron chi connectivity index (χ3n) is 5.55. The summed E-state index contributed by atoms with van der Waals surface area (Å²) < 4.78 is 1.99. The highest BCUT2D eigenvalue weighted by Gasteiger charge is 2.39. The van der Waals surface area contributed by atoms with E-state index in [1.165, 1.54) is 12.8 Å². The Hall–Kier alpha value is -1.85. The number of carbonyl (C=O) groups excluding carboxylic acids is 2. The van der Waals surface area contributed by atoms with Gasteiger partial charge in [-0.3, -0.25) is 14.3 Å². The quantitative estimate of drug-likeness (QED) is 0.843. The first-order valence-electron chi connectivity index (χ1n) is 9.17. The van der Waals surface area contributed by atoms with Crippen LogP contribution < -0.4 is 0 Å².